The quantitative estimate of drug-likeness (QED) is 0.763. The zero-order valence-corrected chi connectivity index (χ0v) is 11.0. The molecule has 1 aliphatic heterocycles. The first kappa shape index (κ1) is 12.9. The van der Waals surface area contributed by atoms with E-state index in [1.54, 1.807) is 0 Å². The second-order valence-electron chi connectivity index (χ2n) is 5.51. The summed E-state index contributed by atoms with van der Waals surface area (Å²) in [4.78, 5) is 5.02. The number of likely N-dealkylation sites (N-methyl/N-ethyl adjacent to an activating group) is 1. The predicted molar refractivity (Wildman–Crippen MR) is 66.0 cm³/mol. The molecule has 90 valence electrons. The van der Waals surface area contributed by atoms with Gasteiger partial charge >= 0.3 is 0 Å². The maximum absolute atomic E-state index is 5.87. The van der Waals surface area contributed by atoms with Crippen LogP contribution in [0.1, 0.15) is 34.1 Å². The van der Waals surface area contributed by atoms with Crippen LogP contribution < -0.4 is 5.73 Å². The molecule has 1 saturated heterocycles. The third kappa shape index (κ3) is 2.71. The first-order valence-corrected chi connectivity index (χ1v) is 6.09. The lowest BCUT2D eigenvalue weighted by atomic mass is 9.94. The van der Waals surface area contributed by atoms with Gasteiger partial charge < -0.3 is 5.73 Å². The van der Waals surface area contributed by atoms with Gasteiger partial charge in [0.2, 0.25) is 0 Å². The first-order chi connectivity index (χ1) is 6.92. The van der Waals surface area contributed by atoms with Crippen molar-refractivity contribution < 1.29 is 0 Å². The molecule has 0 spiro atoms. The third-order valence-corrected chi connectivity index (χ3v) is 3.99. The largest absolute Gasteiger partial charge is 0.329 e. The Balaban J connectivity index is 2.75. The Morgan fingerprint density at radius 2 is 2.07 bits per heavy atom. The van der Waals surface area contributed by atoms with Gasteiger partial charge in [0, 0.05) is 37.3 Å². The third-order valence-electron chi connectivity index (χ3n) is 3.99. The molecule has 0 radical (unpaired) electrons. The normalized spacial score (nSPS) is 30.4. The van der Waals surface area contributed by atoms with E-state index in [0.29, 0.717) is 12.1 Å². The topological polar surface area (TPSA) is 32.5 Å². The average molecular weight is 213 g/mol. The van der Waals surface area contributed by atoms with Gasteiger partial charge in [-0.25, -0.2) is 0 Å². The van der Waals surface area contributed by atoms with Crippen molar-refractivity contribution in [2.75, 3.05) is 26.7 Å². The van der Waals surface area contributed by atoms with Crippen molar-refractivity contribution in [3.05, 3.63) is 0 Å². The van der Waals surface area contributed by atoms with Crippen molar-refractivity contribution in [2.24, 2.45) is 5.73 Å². The van der Waals surface area contributed by atoms with E-state index >= 15 is 0 Å². The van der Waals surface area contributed by atoms with E-state index in [9.17, 15) is 0 Å². The van der Waals surface area contributed by atoms with E-state index in [4.69, 9.17) is 5.73 Å². The van der Waals surface area contributed by atoms with E-state index in [0.717, 1.165) is 19.6 Å². The summed E-state index contributed by atoms with van der Waals surface area (Å²) in [5, 5.41) is 0. The second-order valence-corrected chi connectivity index (χ2v) is 5.51. The van der Waals surface area contributed by atoms with Crippen LogP contribution in [0.15, 0.2) is 0 Å². The first-order valence-electron chi connectivity index (χ1n) is 6.09. The molecule has 2 unspecified atom stereocenters. The van der Waals surface area contributed by atoms with Gasteiger partial charge in [0.1, 0.15) is 0 Å². The van der Waals surface area contributed by atoms with Crippen LogP contribution in [0.5, 0.6) is 0 Å². The minimum Gasteiger partial charge on any atom is -0.329 e. The molecule has 3 heteroatoms. The fraction of sp³-hybridized carbons (Fsp3) is 1.00. The Hall–Kier alpha value is -0.120. The summed E-state index contributed by atoms with van der Waals surface area (Å²) in [5.41, 5.74) is 6.14. The predicted octanol–water partition coefficient (Wildman–Crippen LogP) is 1.14. The standard InChI is InChI=1S/C12H27N3/c1-6-10(2)15-9-12(3,4)14(5)8-11(15)7-13/h10-11H,6-9,13H2,1-5H3. The van der Waals surface area contributed by atoms with Crippen LogP contribution in [-0.4, -0.2) is 54.1 Å². The molecule has 0 aliphatic carbocycles. The van der Waals surface area contributed by atoms with Crippen molar-refractivity contribution >= 4 is 0 Å². The van der Waals surface area contributed by atoms with E-state index in [1.807, 2.05) is 0 Å². The van der Waals surface area contributed by atoms with Crippen LogP contribution in [0.2, 0.25) is 0 Å². The zero-order chi connectivity index (χ0) is 11.6. The van der Waals surface area contributed by atoms with E-state index in [1.165, 1.54) is 6.42 Å². The lowest BCUT2D eigenvalue weighted by Gasteiger charge is -2.51. The summed E-state index contributed by atoms with van der Waals surface area (Å²) < 4.78 is 0. The number of nitrogens with two attached hydrogens (primary N) is 1. The summed E-state index contributed by atoms with van der Waals surface area (Å²) in [6, 6.07) is 1.17. The molecule has 1 rings (SSSR count). The molecule has 0 bridgehead atoms. The van der Waals surface area contributed by atoms with Crippen LogP contribution in [0.4, 0.5) is 0 Å². The summed E-state index contributed by atoms with van der Waals surface area (Å²) in [6.07, 6.45) is 1.20. The Kier molecular flexibility index (Phi) is 4.15. The Morgan fingerprint density at radius 1 is 1.47 bits per heavy atom. The van der Waals surface area contributed by atoms with Crippen molar-refractivity contribution in [1.82, 2.24) is 9.80 Å². The summed E-state index contributed by atoms with van der Waals surface area (Å²) >= 11 is 0. The van der Waals surface area contributed by atoms with Crippen molar-refractivity contribution in [3.63, 3.8) is 0 Å². The zero-order valence-electron chi connectivity index (χ0n) is 11.0. The van der Waals surface area contributed by atoms with E-state index in [2.05, 4.69) is 44.5 Å². The number of rotatable bonds is 3. The lowest BCUT2D eigenvalue weighted by molar-refractivity contribution is -0.0186. The molecule has 0 aromatic rings. The number of piperazine rings is 1. The van der Waals surface area contributed by atoms with Gasteiger partial charge in [-0.2, -0.15) is 0 Å². The monoisotopic (exact) mass is 213 g/mol. The molecule has 15 heavy (non-hydrogen) atoms. The van der Waals surface area contributed by atoms with Gasteiger partial charge in [0.05, 0.1) is 0 Å². The van der Waals surface area contributed by atoms with Gasteiger partial charge in [-0.05, 0) is 34.2 Å². The summed E-state index contributed by atoms with van der Waals surface area (Å²) in [6.45, 7) is 12.2. The number of hydrogen-bond donors (Lipinski definition) is 1. The van der Waals surface area contributed by atoms with Crippen LogP contribution >= 0.6 is 0 Å². The molecule has 1 aliphatic rings. The molecule has 0 amide bonds. The summed E-state index contributed by atoms with van der Waals surface area (Å²) in [5.74, 6) is 0. The van der Waals surface area contributed by atoms with Crippen LogP contribution in [0, 0.1) is 0 Å². The van der Waals surface area contributed by atoms with E-state index < -0.39 is 0 Å². The molecular formula is C12H27N3. The fourth-order valence-corrected chi connectivity index (χ4v) is 2.32. The fourth-order valence-electron chi connectivity index (χ4n) is 2.32. The minimum atomic E-state index is 0.273. The molecule has 0 aromatic carbocycles. The molecule has 2 atom stereocenters. The molecule has 1 heterocycles. The number of nitrogens with zero attached hydrogens (tertiary/aromatic N) is 2. The molecule has 2 N–H and O–H groups in total. The smallest absolute Gasteiger partial charge is 0.0349 e. The minimum absolute atomic E-state index is 0.273. The molecular weight excluding hydrogens is 186 g/mol. The maximum atomic E-state index is 5.87. The molecule has 1 fully saturated rings. The van der Waals surface area contributed by atoms with Crippen LogP contribution in [0.3, 0.4) is 0 Å². The highest BCUT2D eigenvalue weighted by molar-refractivity contribution is 4.95. The molecule has 0 aromatic heterocycles. The Morgan fingerprint density at radius 3 is 2.53 bits per heavy atom. The average Bonchev–Trinajstić information content (AvgIpc) is 2.20. The van der Waals surface area contributed by atoms with Gasteiger partial charge in [-0.3, -0.25) is 9.80 Å². The highest BCUT2D eigenvalue weighted by atomic mass is 15.3. The van der Waals surface area contributed by atoms with Gasteiger partial charge in [0.25, 0.3) is 0 Å². The lowest BCUT2D eigenvalue weighted by Crippen LogP contribution is -2.65. The van der Waals surface area contributed by atoms with Crippen LogP contribution in [-0.2, 0) is 0 Å². The van der Waals surface area contributed by atoms with Gasteiger partial charge in [-0.1, -0.05) is 6.92 Å². The highest BCUT2D eigenvalue weighted by Crippen LogP contribution is 2.24. The van der Waals surface area contributed by atoms with Crippen LogP contribution in [0.25, 0.3) is 0 Å². The Bertz CT molecular complexity index is 203. The van der Waals surface area contributed by atoms with Gasteiger partial charge in [-0.15, -0.1) is 0 Å². The second kappa shape index (κ2) is 4.81. The van der Waals surface area contributed by atoms with Crippen molar-refractivity contribution in [3.8, 4) is 0 Å². The van der Waals surface area contributed by atoms with Crippen molar-refractivity contribution in [1.29, 1.82) is 0 Å². The van der Waals surface area contributed by atoms with Crippen molar-refractivity contribution in [2.45, 2.75) is 51.7 Å². The van der Waals surface area contributed by atoms with Gasteiger partial charge in [0.15, 0.2) is 0 Å². The highest BCUT2D eigenvalue weighted by Gasteiger charge is 2.37. The SMILES string of the molecule is CCC(C)N1CC(C)(C)N(C)CC1CN. The molecule has 0 saturated carbocycles. The summed E-state index contributed by atoms with van der Waals surface area (Å²) in [7, 11) is 2.20. The number of hydrogen-bond acceptors (Lipinski definition) is 3. The van der Waals surface area contributed by atoms with E-state index in [-0.39, 0.29) is 5.54 Å². The Labute approximate surface area is 94.6 Å². The maximum Gasteiger partial charge on any atom is 0.0349 e. The molecule has 3 nitrogen and oxygen atoms in total.